The maximum absolute atomic E-state index is 3.53. The van der Waals surface area contributed by atoms with Crippen molar-refractivity contribution in [2.45, 2.75) is 46.7 Å². The topological polar surface area (TPSA) is 12.0 Å². The summed E-state index contributed by atoms with van der Waals surface area (Å²) >= 11 is 0. The summed E-state index contributed by atoms with van der Waals surface area (Å²) in [6.07, 6.45) is 0. The molecule has 0 aliphatic rings. The van der Waals surface area contributed by atoms with Crippen LogP contribution in [0, 0.1) is 13.8 Å². The predicted octanol–water partition coefficient (Wildman–Crippen LogP) is 4.72. The zero-order chi connectivity index (χ0) is 14.5. The van der Waals surface area contributed by atoms with Crippen molar-refractivity contribution in [1.82, 2.24) is 5.32 Å². The van der Waals surface area contributed by atoms with E-state index in [1.54, 1.807) is 0 Å². The van der Waals surface area contributed by atoms with Crippen molar-refractivity contribution in [2.24, 2.45) is 0 Å². The molecule has 106 valence electrons. The van der Waals surface area contributed by atoms with Crippen molar-refractivity contribution >= 4 is 0 Å². The van der Waals surface area contributed by atoms with Crippen molar-refractivity contribution in [2.75, 3.05) is 0 Å². The second-order valence-corrected chi connectivity index (χ2v) is 5.93. The van der Waals surface area contributed by atoms with Crippen molar-refractivity contribution in [3.63, 3.8) is 0 Å². The molecule has 0 atom stereocenters. The van der Waals surface area contributed by atoms with Gasteiger partial charge in [0.2, 0.25) is 0 Å². The predicted molar refractivity (Wildman–Crippen MR) is 87.0 cm³/mol. The second kappa shape index (κ2) is 6.71. The maximum Gasteiger partial charge on any atom is 0.0211 e. The molecule has 0 aliphatic carbocycles. The van der Waals surface area contributed by atoms with Gasteiger partial charge in [0.25, 0.3) is 0 Å². The normalized spacial score (nSPS) is 11.1. The van der Waals surface area contributed by atoms with Crippen LogP contribution in [-0.2, 0) is 13.1 Å². The fraction of sp³-hybridized carbons (Fsp3) is 0.368. The molecular formula is C19H25N. The first-order chi connectivity index (χ1) is 9.56. The Kier molecular flexibility index (Phi) is 4.97. The molecule has 2 aromatic carbocycles. The lowest BCUT2D eigenvalue weighted by molar-refractivity contribution is 0.690. The number of aryl methyl sites for hydroxylation is 2. The lowest BCUT2D eigenvalue weighted by Gasteiger charge is -2.10. The van der Waals surface area contributed by atoms with Gasteiger partial charge in [-0.25, -0.2) is 0 Å². The summed E-state index contributed by atoms with van der Waals surface area (Å²) < 4.78 is 0. The van der Waals surface area contributed by atoms with E-state index in [1.165, 1.54) is 27.8 Å². The largest absolute Gasteiger partial charge is 0.309 e. The van der Waals surface area contributed by atoms with Crippen molar-refractivity contribution < 1.29 is 0 Å². The van der Waals surface area contributed by atoms with Crippen LogP contribution in [0.25, 0.3) is 0 Å². The smallest absolute Gasteiger partial charge is 0.0211 e. The van der Waals surface area contributed by atoms with E-state index in [4.69, 9.17) is 0 Å². The molecule has 0 fully saturated rings. The minimum Gasteiger partial charge on any atom is -0.309 e. The fourth-order valence-corrected chi connectivity index (χ4v) is 2.41. The van der Waals surface area contributed by atoms with Gasteiger partial charge >= 0.3 is 0 Å². The Morgan fingerprint density at radius 1 is 0.900 bits per heavy atom. The van der Waals surface area contributed by atoms with E-state index in [-0.39, 0.29) is 0 Å². The van der Waals surface area contributed by atoms with Crippen LogP contribution >= 0.6 is 0 Å². The lowest BCUT2D eigenvalue weighted by atomic mass is 10.0. The average Bonchev–Trinajstić information content (AvgIpc) is 2.42. The third-order valence-corrected chi connectivity index (χ3v) is 3.79. The molecule has 0 spiro atoms. The summed E-state index contributed by atoms with van der Waals surface area (Å²) in [7, 11) is 0. The molecule has 0 radical (unpaired) electrons. The van der Waals surface area contributed by atoms with Gasteiger partial charge in [0.1, 0.15) is 0 Å². The summed E-state index contributed by atoms with van der Waals surface area (Å²) in [5.41, 5.74) is 6.83. The van der Waals surface area contributed by atoms with Gasteiger partial charge in [-0.1, -0.05) is 61.9 Å². The summed E-state index contributed by atoms with van der Waals surface area (Å²) in [5.74, 6) is 0.604. The zero-order valence-electron chi connectivity index (χ0n) is 13.0. The molecule has 0 unspecified atom stereocenters. The van der Waals surface area contributed by atoms with Crippen LogP contribution in [0.1, 0.15) is 47.6 Å². The SMILES string of the molecule is Cc1ccc(CNCc2ccc(C(C)C)cc2)c(C)c1. The summed E-state index contributed by atoms with van der Waals surface area (Å²) in [6.45, 7) is 10.6. The van der Waals surface area contributed by atoms with E-state index in [9.17, 15) is 0 Å². The van der Waals surface area contributed by atoms with Gasteiger partial charge in [0, 0.05) is 13.1 Å². The maximum atomic E-state index is 3.53. The van der Waals surface area contributed by atoms with Crippen molar-refractivity contribution in [1.29, 1.82) is 0 Å². The third kappa shape index (κ3) is 3.94. The van der Waals surface area contributed by atoms with Crippen LogP contribution in [0.4, 0.5) is 0 Å². The molecule has 1 nitrogen and oxygen atoms in total. The highest BCUT2D eigenvalue weighted by molar-refractivity contribution is 5.30. The van der Waals surface area contributed by atoms with Gasteiger partial charge in [-0.3, -0.25) is 0 Å². The van der Waals surface area contributed by atoms with Gasteiger partial charge in [-0.15, -0.1) is 0 Å². The quantitative estimate of drug-likeness (QED) is 0.826. The number of rotatable bonds is 5. The van der Waals surface area contributed by atoms with Crippen LogP contribution in [0.3, 0.4) is 0 Å². The van der Waals surface area contributed by atoms with Gasteiger partial charge in [-0.2, -0.15) is 0 Å². The van der Waals surface area contributed by atoms with Gasteiger partial charge in [0.15, 0.2) is 0 Å². The Morgan fingerprint density at radius 2 is 1.60 bits per heavy atom. The highest BCUT2D eigenvalue weighted by Crippen LogP contribution is 2.15. The minimum absolute atomic E-state index is 0.604. The molecule has 2 aromatic rings. The first-order valence-corrected chi connectivity index (χ1v) is 7.42. The van der Waals surface area contributed by atoms with Crippen LogP contribution < -0.4 is 5.32 Å². The first kappa shape index (κ1) is 14.8. The van der Waals surface area contributed by atoms with Crippen LogP contribution in [0.5, 0.6) is 0 Å². The molecule has 0 heterocycles. The highest BCUT2D eigenvalue weighted by atomic mass is 14.8. The van der Waals surface area contributed by atoms with Crippen LogP contribution in [0.15, 0.2) is 42.5 Å². The van der Waals surface area contributed by atoms with E-state index in [1.807, 2.05) is 0 Å². The third-order valence-electron chi connectivity index (χ3n) is 3.79. The Bertz CT molecular complexity index is 552. The molecule has 0 amide bonds. The molecule has 0 aliphatic heterocycles. The number of nitrogens with one attached hydrogen (secondary N) is 1. The lowest BCUT2D eigenvalue weighted by Crippen LogP contribution is -2.13. The molecule has 0 saturated carbocycles. The Morgan fingerprint density at radius 3 is 2.20 bits per heavy atom. The summed E-state index contributed by atoms with van der Waals surface area (Å²) in [6, 6.07) is 15.6. The van der Waals surface area contributed by atoms with Gasteiger partial charge < -0.3 is 5.32 Å². The molecule has 1 N–H and O–H groups in total. The summed E-state index contributed by atoms with van der Waals surface area (Å²) in [4.78, 5) is 0. The zero-order valence-corrected chi connectivity index (χ0v) is 13.0. The molecule has 0 aromatic heterocycles. The Labute approximate surface area is 123 Å². The molecule has 0 bridgehead atoms. The Balaban J connectivity index is 1.89. The standard InChI is InChI=1S/C19H25N/c1-14(2)18-9-6-17(7-10-18)12-20-13-19-8-5-15(3)11-16(19)4/h5-11,14,20H,12-13H2,1-4H3. The van der Waals surface area contributed by atoms with E-state index in [0.717, 1.165) is 13.1 Å². The highest BCUT2D eigenvalue weighted by Gasteiger charge is 2.00. The van der Waals surface area contributed by atoms with Crippen molar-refractivity contribution in [3.8, 4) is 0 Å². The number of benzene rings is 2. The molecule has 1 heteroatoms. The van der Waals surface area contributed by atoms with Gasteiger partial charge in [0.05, 0.1) is 0 Å². The van der Waals surface area contributed by atoms with E-state index >= 15 is 0 Å². The van der Waals surface area contributed by atoms with E-state index < -0.39 is 0 Å². The monoisotopic (exact) mass is 267 g/mol. The molecule has 0 saturated heterocycles. The minimum atomic E-state index is 0.604. The fourth-order valence-electron chi connectivity index (χ4n) is 2.41. The molecule has 20 heavy (non-hydrogen) atoms. The average molecular weight is 267 g/mol. The Hall–Kier alpha value is -1.60. The van der Waals surface area contributed by atoms with E-state index in [0.29, 0.717) is 5.92 Å². The summed E-state index contributed by atoms with van der Waals surface area (Å²) in [5, 5.41) is 3.53. The van der Waals surface area contributed by atoms with Crippen LogP contribution in [-0.4, -0.2) is 0 Å². The molecule has 2 rings (SSSR count). The number of hydrogen-bond donors (Lipinski definition) is 1. The van der Waals surface area contributed by atoms with Crippen LogP contribution in [0.2, 0.25) is 0 Å². The van der Waals surface area contributed by atoms with E-state index in [2.05, 4.69) is 75.5 Å². The van der Waals surface area contributed by atoms with Gasteiger partial charge in [-0.05, 0) is 42.0 Å². The molecular weight excluding hydrogens is 242 g/mol. The first-order valence-electron chi connectivity index (χ1n) is 7.42. The number of hydrogen-bond acceptors (Lipinski definition) is 1. The second-order valence-electron chi connectivity index (χ2n) is 5.93. The van der Waals surface area contributed by atoms with Crippen molar-refractivity contribution in [3.05, 3.63) is 70.3 Å².